The molecular weight excluding hydrogens is 311 g/mol. The van der Waals surface area contributed by atoms with Crippen LogP contribution in [0.1, 0.15) is 18.7 Å². The van der Waals surface area contributed by atoms with Gasteiger partial charge in [-0.3, -0.25) is 9.59 Å². The quantitative estimate of drug-likeness (QED) is 0.936. The zero-order chi connectivity index (χ0) is 15.6. The van der Waals surface area contributed by atoms with Crippen molar-refractivity contribution in [3.05, 3.63) is 62.5 Å². The number of hydrogen-bond donors (Lipinski definition) is 1. The monoisotopic (exact) mass is 324 g/mol. The number of rotatable bonds is 3. The van der Waals surface area contributed by atoms with E-state index in [4.69, 9.17) is 23.2 Å². The van der Waals surface area contributed by atoms with Crippen LogP contribution in [0.15, 0.2) is 41.2 Å². The Kier molecular flexibility index (Phi) is 4.70. The van der Waals surface area contributed by atoms with Crippen LogP contribution < -0.4 is 10.9 Å². The summed E-state index contributed by atoms with van der Waals surface area (Å²) < 4.78 is 1.43. The predicted molar refractivity (Wildman–Crippen MR) is 85.2 cm³/mol. The molecule has 1 aromatic carbocycles. The van der Waals surface area contributed by atoms with E-state index in [1.165, 1.54) is 10.6 Å². The van der Waals surface area contributed by atoms with Crippen LogP contribution in [0.25, 0.3) is 0 Å². The molecule has 0 aliphatic carbocycles. The Bertz CT molecular complexity index is 720. The summed E-state index contributed by atoms with van der Waals surface area (Å²) in [5, 5.41) is 3.57. The Hall–Kier alpha value is -1.78. The Morgan fingerprint density at radius 3 is 2.38 bits per heavy atom. The molecule has 1 unspecified atom stereocenters. The van der Waals surface area contributed by atoms with Crippen LogP contribution in [0.2, 0.25) is 10.0 Å². The first-order chi connectivity index (χ1) is 9.88. The molecule has 1 aromatic heterocycles. The van der Waals surface area contributed by atoms with Gasteiger partial charge in [-0.2, -0.15) is 0 Å². The maximum absolute atomic E-state index is 12.3. The fourth-order valence-electron chi connectivity index (χ4n) is 2.09. The van der Waals surface area contributed by atoms with E-state index in [2.05, 4.69) is 5.32 Å². The van der Waals surface area contributed by atoms with E-state index < -0.39 is 6.04 Å². The number of aryl methyl sites for hydroxylation is 1. The summed E-state index contributed by atoms with van der Waals surface area (Å²) >= 11 is 11.8. The summed E-state index contributed by atoms with van der Waals surface area (Å²) in [6.45, 7) is 3.44. The van der Waals surface area contributed by atoms with Gasteiger partial charge in [0.1, 0.15) is 6.04 Å². The fraction of sp³-hybridized carbons (Fsp3) is 0.200. The second-order valence-electron chi connectivity index (χ2n) is 4.70. The van der Waals surface area contributed by atoms with E-state index >= 15 is 0 Å². The van der Waals surface area contributed by atoms with Gasteiger partial charge in [0.2, 0.25) is 5.91 Å². The van der Waals surface area contributed by atoms with Crippen molar-refractivity contribution in [2.75, 3.05) is 5.32 Å². The molecule has 0 spiro atoms. The molecule has 0 saturated heterocycles. The number of amides is 1. The average molecular weight is 325 g/mol. The summed E-state index contributed by atoms with van der Waals surface area (Å²) in [5.74, 6) is -0.315. The van der Waals surface area contributed by atoms with Crippen LogP contribution in [-0.4, -0.2) is 10.5 Å². The molecule has 0 bridgehead atoms. The number of carbonyl (C=O) groups is 1. The third-order valence-corrected chi connectivity index (χ3v) is 3.53. The maximum Gasteiger partial charge on any atom is 0.251 e. The first kappa shape index (κ1) is 15.6. The summed E-state index contributed by atoms with van der Waals surface area (Å²) in [7, 11) is 0. The van der Waals surface area contributed by atoms with Crippen LogP contribution in [-0.2, 0) is 4.79 Å². The lowest BCUT2D eigenvalue weighted by Crippen LogP contribution is -2.32. The summed E-state index contributed by atoms with van der Waals surface area (Å²) in [4.78, 5) is 24.2. The fourth-order valence-corrected chi connectivity index (χ4v) is 2.62. The van der Waals surface area contributed by atoms with E-state index in [1.54, 1.807) is 44.2 Å². The van der Waals surface area contributed by atoms with Crippen molar-refractivity contribution in [1.82, 2.24) is 4.57 Å². The molecule has 6 heteroatoms. The second kappa shape index (κ2) is 6.33. The highest BCUT2D eigenvalue weighted by Gasteiger charge is 2.17. The van der Waals surface area contributed by atoms with Crippen LogP contribution >= 0.6 is 23.2 Å². The third kappa shape index (κ3) is 3.65. The smallest absolute Gasteiger partial charge is 0.251 e. The minimum Gasteiger partial charge on any atom is -0.324 e. The van der Waals surface area contributed by atoms with Gasteiger partial charge in [0.25, 0.3) is 5.56 Å². The largest absolute Gasteiger partial charge is 0.324 e. The molecule has 1 atom stereocenters. The van der Waals surface area contributed by atoms with Crippen molar-refractivity contribution in [3.8, 4) is 0 Å². The highest BCUT2D eigenvalue weighted by Crippen LogP contribution is 2.23. The number of carbonyl (C=O) groups excluding carboxylic acids is 1. The number of hydrogen-bond acceptors (Lipinski definition) is 2. The van der Waals surface area contributed by atoms with Crippen molar-refractivity contribution in [3.63, 3.8) is 0 Å². The highest BCUT2D eigenvalue weighted by molar-refractivity contribution is 6.35. The second-order valence-corrected chi connectivity index (χ2v) is 5.57. The molecule has 1 N–H and O–H groups in total. The molecule has 2 aromatic rings. The topological polar surface area (TPSA) is 51.1 Å². The first-order valence-electron chi connectivity index (χ1n) is 6.33. The van der Waals surface area contributed by atoms with Gasteiger partial charge in [0, 0.05) is 27.5 Å². The molecule has 21 heavy (non-hydrogen) atoms. The summed E-state index contributed by atoms with van der Waals surface area (Å²) in [5.41, 5.74) is 0.988. The van der Waals surface area contributed by atoms with Crippen LogP contribution in [0, 0.1) is 6.92 Å². The van der Waals surface area contributed by atoms with Gasteiger partial charge in [0.15, 0.2) is 0 Å². The average Bonchev–Trinajstić information content (AvgIpc) is 2.36. The van der Waals surface area contributed by atoms with Crippen LogP contribution in [0.5, 0.6) is 0 Å². The Morgan fingerprint density at radius 2 is 1.81 bits per heavy atom. The molecule has 110 valence electrons. The molecule has 0 saturated carbocycles. The lowest BCUT2D eigenvalue weighted by molar-refractivity contribution is -0.118. The number of benzene rings is 1. The predicted octanol–water partition coefficient (Wildman–Crippen LogP) is 3.66. The summed E-state index contributed by atoms with van der Waals surface area (Å²) in [6, 6.07) is 8.99. The molecule has 2 rings (SSSR count). The number of nitrogens with zero attached hydrogens (tertiary/aromatic N) is 1. The van der Waals surface area contributed by atoms with E-state index in [9.17, 15) is 9.59 Å². The van der Waals surface area contributed by atoms with E-state index in [0.29, 0.717) is 21.4 Å². The van der Waals surface area contributed by atoms with E-state index in [1.807, 2.05) is 0 Å². The molecular formula is C15H14Cl2N2O2. The zero-order valence-corrected chi connectivity index (χ0v) is 13.1. The van der Waals surface area contributed by atoms with Crippen molar-refractivity contribution in [2.24, 2.45) is 0 Å². The van der Waals surface area contributed by atoms with Crippen LogP contribution in [0.3, 0.4) is 0 Å². The van der Waals surface area contributed by atoms with Crippen molar-refractivity contribution >= 4 is 34.8 Å². The van der Waals surface area contributed by atoms with E-state index in [0.717, 1.165) is 0 Å². The van der Waals surface area contributed by atoms with Gasteiger partial charge >= 0.3 is 0 Å². The van der Waals surface area contributed by atoms with Gasteiger partial charge in [0.05, 0.1) is 0 Å². The number of nitrogens with one attached hydrogen (secondary N) is 1. The van der Waals surface area contributed by atoms with Crippen molar-refractivity contribution in [1.29, 1.82) is 0 Å². The molecule has 0 aliphatic heterocycles. The minimum atomic E-state index is -0.642. The SMILES string of the molecule is Cc1cccc(=O)n1C(C)C(=O)Nc1cc(Cl)cc(Cl)c1. The number of aromatic nitrogens is 1. The van der Waals surface area contributed by atoms with Crippen LogP contribution in [0.4, 0.5) is 5.69 Å². The maximum atomic E-state index is 12.3. The lowest BCUT2D eigenvalue weighted by Gasteiger charge is -2.17. The number of pyridine rings is 1. The number of halogens is 2. The third-order valence-electron chi connectivity index (χ3n) is 3.09. The molecule has 0 fully saturated rings. The van der Waals surface area contributed by atoms with Gasteiger partial charge in [-0.25, -0.2) is 0 Å². The van der Waals surface area contributed by atoms with Gasteiger partial charge in [-0.1, -0.05) is 29.3 Å². The molecule has 0 aliphatic rings. The molecule has 0 radical (unpaired) electrons. The van der Waals surface area contributed by atoms with Crippen molar-refractivity contribution in [2.45, 2.75) is 19.9 Å². The summed E-state index contributed by atoms with van der Waals surface area (Å²) in [6.07, 6.45) is 0. The normalized spacial score (nSPS) is 12.0. The minimum absolute atomic E-state index is 0.221. The lowest BCUT2D eigenvalue weighted by atomic mass is 10.2. The molecule has 1 heterocycles. The standard InChI is InChI=1S/C15H14Cl2N2O2/c1-9-4-3-5-14(20)19(9)10(2)15(21)18-13-7-11(16)6-12(17)8-13/h3-8,10H,1-2H3,(H,18,21). The Balaban J connectivity index is 2.26. The first-order valence-corrected chi connectivity index (χ1v) is 7.09. The van der Waals surface area contributed by atoms with Gasteiger partial charge in [-0.15, -0.1) is 0 Å². The highest BCUT2D eigenvalue weighted by atomic mass is 35.5. The van der Waals surface area contributed by atoms with Crippen molar-refractivity contribution < 1.29 is 4.79 Å². The zero-order valence-electron chi connectivity index (χ0n) is 11.6. The number of anilines is 1. The Morgan fingerprint density at radius 1 is 1.19 bits per heavy atom. The Labute approximate surface area is 132 Å². The molecule has 4 nitrogen and oxygen atoms in total. The van der Waals surface area contributed by atoms with E-state index in [-0.39, 0.29) is 11.5 Å². The van der Waals surface area contributed by atoms with Gasteiger partial charge < -0.3 is 9.88 Å². The van der Waals surface area contributed by atoms with Gasteiger partial charge in [-0.05, 0) is 38.1 Å². The molecule has 1 amide bonds.